The van der Waals surface area contributed by atoms with Crippen molar-refractivity contribution in [2.24, 2.45) is 17.8 Å². The molecule has 0 radical (unpaired) electrons. The quantitative estimate of drug-likeness (QED) is 0.704. The number of hydrogen-bond donors (Lipinski definition) is 0. The van der Waals surface area contributed by atoms with Crippen LogP contribution in [-0.2, 0) is 4.79 Å². The van der Waals surface area contributed by atoms with Crippen LogP contribution in [0.15, 0.2) is 48.5 Å². The first-order valence-electron chi connectivity index (χ1n) is 11.7. The molecule has 0 saturated carbocycles. The summed E-state index contributed by atoms with van der Waals surface area (Å²) in [6.07, 6.45) is 2.00. The smallest absolute Gasteiger partial charge is 0.253 e. The van der Waals surface area contributed by atoms with E-state index in [9.17, 15) is 9.59 Å². The van der Waals surface area contributed by atoms with Crippen LogP contribution in [0.1, 0.15) is 41.3 Å². The third-order valence-electron chi connectivity index (χ3n) is 7.33. The highest BCUT2D eigenvalue weighted by Gasteiger charge is 2.41. The molecule has 2 saturated heterocycles. The van der Waals surface area contributed by atoms with E-state index in [4.69, 9.17) is 4.74 Å². The largest absolute Gasteiger partial charge is 0.493 e. The summed E-state index contributed by atoms with van der Waals surface area (Å²) in [4.78, 5) is 29.0. The van der Waals surface area contributed by atoms with Gasteiger partial charge in [0.25, 0.3) is 5.91 Å². The van der Waals surface area contributed by atoms with Crippen LogP contribution in [0.3, 0.4) is 0 Å². The van der Waals surface area contributed by atoms with E-state index in [1.807, 2.05) is 58.3 Å². The van der Waals surface area contributed by atoms with Crippen LogP contribution >= 0.6 is 0 Å². The molecule has 2 fully saturated rings. The Morgan fingerprint density at radius 1 is 0.938 bits per heavy atom. The number of carbonyl (C=O) groups excluding carboxylic acids is 2. The van der Waals surface area contributed by atoms with E-state index in [2.05, 4.69) is 13.8 Å². The van der Waals surface area contributed by atoms with Crippen LogP contribution in [0, 0.1) is 31.6 Å². The van der Waals surface area contributed by atoms with Crippen LogP contribution in [-0.4, -0.2) is 54.4 Å². The van der Waals surface area contributed by atoms with E-state index in [1.165, 1.54) is 5.56 Å². The molecule has 0 bridgehead atoms. The number of benzene rings is 2. The maximum atomic E-state index is 13.3. The van der Waals surface area contributed by atoms with Crippen LogP contribution in [0.5, 0.6) is 5.75 Å². The predicted molar refractivity (Wildman–Crippen MR) is 126 cm³/mol. The van der Waals surface area contributed by atoms with Gasteiger partial charge in [0, 0.05) is 44.6 Å². The molecule has 0 N–H and O–H groups in total. The number of likely N-dealkylation sites (tertiary alicyclic amines) is 2. The molecular formula is C27H34N2O3. The van der Waals surface area contributed by atoms with Gasteiger partial charge in [-0.25, -0.2) is 0 Å². The summed E-state index contributed by atoms with van der Waals surface area (Å²) in [5, 5.41) is 0. The summed E-state index contributed by atoms with van der Waals surface area (Å²) in [7, 11) is 0. The summed E-state index contributed by atoms with van der Waals surface area (Å²) >= 11 is 0. The molecule has 0 spiro atoms. The maximum absolute atomic E-state index is 13.3. The maximum Gasteiger partial charge on any atom is 0.253 e. The zero-order valence-corrected chi connectivity index (χ0v) is 19.4. The molecule has 32 heavy (non-hydrogen) atoms. The van der Waals surface area contributed by atoms with Crippen LogP contribution in [0.2, 0.25) is 0 Å². The predicted octanol–water partition coefficient (Wildman–Crippen LogP) is 4.33. The molecular weight excluding hydrogens is 400 g/mol. The summed E-state index contributed by atoms with van der Waals surface area (Å²) in [6, 6.07) is 15.9. The van der Waals surface area contributed by atoms with Crippen molar-refractivity contribution in [3.8, 4) is 5.75 Å². The van der Waals surface area contributed by atoms with Crippen molar-refractivity contribution >= 4 is 11.8 Å². The molecule has 170 valence electrons. The molecule has 2 aliphatic rings. The van der Waals surface area contributed by atoms with E-state index in [0.717, 1.165) is 55.9 Å². The molecule has 2 heterocycles. The van der Waals surface area contributed by atoms with E-state index < -0.39 is 0 Å². The first kappa shape index (κ1) is 22.4. The Balaban J connectivity index is 1.48. The highest BCUT2D eigenvalue weighted by Crippen LogP contribution is 2.37. The molecule has 2 aliphatic heterocycles. The van der Waals surface area contributed by atoms with Gasteiger partial charge in [0.2, 0.25) is 5.91 Å². The average Bonchev–Trinajstić information content (AvgIpc) is 3.24. The van der Waals surface area contributed by atoms with Gasteiger partial charge in [-0.2, -0.15) is 0 Å². The van der Waals surface area contributed by atoms with Crippen LogP contribution in [0.25, 0.3) is 0 Å². The van der Waals surface area contributed by atoms with Gasteiger partial charge >= 0.3 is 0 Å². The Morgan fingerprint density at radius 2 is 1.66 bits per heavy atom. The van der Waals surface area contributed by atoms with Gasteiger partial charge in [-0.3, -0.25) is 9.59 Å². The number of rotatable bonds is 5. The van der Waals surface area contributed by atoms with E-state index in [0.29, 0.717) is 24.4 Å². The number of ether oxygens (including phenoxy) is 1. The SMILES string of the molecule is CC(=O)N1CCC([C@@H]2CN(C(=O)c3ccc(C)c(C)c3)C[C@H]2COc2ccccc2)CC1. The van der Waals surface area contributed by atoms with Crippen molar-refractivity contribution in [3.63, 3.8) is 0 Å². The lowest BCUT2D eigenvalue weighted by Gasteiger charge is -2.36. The minimum Gasteiger partial charge on any atom is -0.493 e. The standard InChI is InChI=1S/C27H34N2O3/c1-19-9-10-23(15-20(19)2)27(31)29-16-24(18-32-25-7-5-4-6-8-25)26(17-29)22-11-13-28(14-12-22)21(3)30/h4-10,15,22,24,26H,11-14,16-18H2,1-3H3/t24-,26-/m0/s1. The summed E-state index contributed by atoms with van der Waals surface area (Å²) in [5.74, 6) is 2.33. The summed E-state index contributed by atoms with van der Waals surface area (Å²) < 4.78 is 6.14. The highest BCUT2D eigenvalue weighted by atomic mass is 16.5. The van der Waals surface area contributed by atoms with Gasteiger partial charge < -0.3 is 14.5 Å². The van der Waals surface area contributed by atoms with Crippen molar-refractivity contribution in [2.45, 2.75) is 33.6 Å². The van der Waals surface area contributed by atoms with Gasteiger partial charge in [-0.1, -0.05) is 24.3 Å². The first-order valence-corrected chi connectivity index (χ1v) is 11.7. The molecule has 0 aromatic heterocycles. The first-order chi connectivity index (χ1) is 15.4. The van der Waals surface area contributed by atoms with Gasteiger partial charge in [0.1, 0.15) is 5.75 Å². The summed E-state index contributed by atoms with van der Waals surface area (Å²) in [5.41, 5.74) is 3.11. The van der Waals surface area contributed by atoms with Crippen molar-refractivity contribution in [3.05, 3.63) is 65.2 Å². The molecule has 5 nitrogen and oxygen atoms in total. The molecule has 5 heteroatoms. The summed E-state index contributed by atoms with van der Waals surface area (Å²) in [6.45, 7) is 9.49. The average molecular weight is 435 g/mol. The third-order valence-corrected chi connectivity index (χ3v) is 7.33. The van der Waals surface area contributed by atoms with E-state index in [-0.39, 0.29) is 11.8 Å². The lowest BCUT2D eigenvalue weighted by atomic mass is 9.78. The molecule has 2 atom stereocenters. The van der Waals surface area contributed by atoms with Crippen molar-refractivity contribution < 1.29 is 14.3 Å². The minimum absolute atomic E-state index is 0.112. The number of hydrogen-bond acceptors (Lipinski definition) is 3. The fourth-order valence-electron chi connectivity index (χ4n) is 5.19. The lowest BCUT2D eigenvalue weighted by molar-refractivity contribution is -0.130. The third kappa shape index (κ3) is 4.98. The molecule has 2 amide bonds. The Morgan fingerprint density at radius 3 is 2.31 bits per heavy atom. The van der Waals surface area contributed by atoms with Crippen molar-refractivity contribution in [1.29, 1.82) is 0 Å². The van der Waals surface area contributed by atoms with Crippen LogP contribution < -0.4 is 4.74 Å². The topological polar surface area (TPSA) is 49.9 Å². The number of piperidine rings is 1. The monoisotopic (exact) mass is 434 g/mol. The minimum atomic E-state index is 0.112. The molecule has 4 rings (SSSR count). The second-order valence-corrected chi connectivity index (χ2v) is 9.40. The zero-order chi connectivity index (χ0) is 22.7. The van der Waals surface area contributed by atoms with Gasteiger partial charge in [-0.15, -0.1) is 0 Å². The Bertz CT molecular complexity index is 951. The van der Waals surface area contributed by atoms with Gasteiger partial charge in [-0.05, 0) is 73.9 Å². The van der Waals surface area contributed by atoms with Crippen molar-refractivity contribution in [2.75, 3.05) is 32.8 Å². The fourth-order valence-corrected chi connectivity index (χ4v) is 5.19. The Hall–Kier alpha value is -2.82. The van der Waals surface area contributed by atoms with Crippen molar-refractivity contribution in [1.82, 2.24) is 9.80 Å². The normalized spacial score (nSPS) is 21.6. The number of carbonyl (C=O) groups is 2. The van der Waals surface area contributed by atoms with E-state index in [1.54, 1.807) is 6.92 Å². The zero-order valence-electron chi connectivity index (χ0n) is 19.4. The number of para-hydroxylation sites is 1. The number of aryl methyl sites for hydroxylation is 2. The number of nitrogens with zero attached hydrogens (tertiary/aromatic N) is 2. The Labute approximate surface area is 191 Å². The molecule has 0 aliphatic carbocycles. The molecule has 2 aromatic carbocycles. The van der Waals surface area contributed by atoms with Gasteiger partial charge in [0.05, 0.1) is 6.61 Å². The highest BCUT2D eigenvalue weighted by molar-refractivity contribution is 5.94. The second kappa shape index (κ2) is 9.76. The van der Waals surface area contributed by atoms with Gasteiger partial charge in [0.15, 0.2) is 0 Å². The Kier molecular flexibility index (Phi) is 6.83. The molecule has 0 unspecified atom stereocenters. The van der Waals surface area contributed by atoms with E-state index >= 15 is 0 Å². The molecule has 2 aromatic rings. The van der Waals surface area contributed by atoms with Crippen LogP contribution in [0.4, 0.5) is 0 Å². The second-order valence-electron chi connectivity index (χ2n) is 9.40. The lowest BCUT2D eigenvalue weighted by Crippen LogP contribution is -2.40. The number of amides is 2. The fraction of sp³-hybridized carbons (Fsp3) is 0.481.